The third-order valence-corrected chi connectivity index (χ3v) is 5.53. The van der Waals surface area contributed by atoms with E-state index in [1.54, 1.807) is 44.2 Å². The first-order valence-corrected chi connectivity index (χ1v) is 9.16. The molecule has 0 unspecified atom stereocenters. The Hall–Kier alpha value is -2.54. The number of hydrogen-bond acceptors (Lipinski definition) is 5. The molecule has 0 aliphatic carbocycles. The van der Waals surface area contributed by atoms with Crippen molar-refractivity contribution in [1.82, 2.24) is 0 Å². The lowest BCUT2D eigenvalue weighted by molar-refractivity contribution is 0.0527. The van der Waals surface area contributed by atoms with Gasteiger partial charge in [-0.25, -0.2) is 13.2 Å². The Kier molecular flexibility index (Phi) is 5.69. The third-order valence-electron chi connectivity index (χ3n) is 3.76. The van der Waals surface area contributed by atoms with Gasteiger partial charge in [0.15, 0.2) is 0 Å². The molecule has 0 saturated heterocycles. The average Bonchev–Trinajstić information content (AvgIpc) is 2.61. The summed E-state index contributed by atoms with van der Waals surface area (Å²) >= 11 is 0. The second-order valence-electron chi connectivity index (χ2n) is 5.34. The van der Waals surface area contributed by atoms with Crippen molar-refractivity contribution in [1.29, 1.82) is 0 Å². The van der Waals surface area contributed by atoms with Crippen LogP contribution in [0.25, 0.3) is 0 Å². The zero-order chi connectivity index (χ0) is 18.6. The van der Waals surface area contributed by atoms with Crippen LogP contribution in [-0.4, -0.2) is 35.2 Å². The monoisotopic (exact) mass is 363 g/mol. The summed E-state index contributed by atoms with van der Waals surface area (Å²) in [4.78, 5) is 12.2. The van der Waals surface area contributed by atoms with Gasteiger partial charge in [-0.3, -0.25) is 4.31 Å². The standard InChI is InChI=1S/C18H21NO5S/c1-5-24-18(20)15-8-6-7-9-16(15)19(3)25(21,22)14-10-11-17(23-4)13(2)12-14/h6-12H,5H2,1-4H3. The molecule has 134 valence electrons. The highest BCUT2D eigenvalue weighted by Crippen LogP contribution is 2.28. The van der Waals surface area contributed by atoms with E-state index in [9.17, 15) is 13.2 Å². The molecule has 2 rings (SSSR count). The van der Waals surface area contributed by atoms with Crippen molar-refractivity contribution < 1.29 is 22.7 Å². The molecule has 0 N–H and O–H groups in total. The van der Waals surface area contributed by atoms with Gasteiger partial charge in [-0.1, -0.05) is 12.1 Å². The molecule has 2 aromatic rings. The molecule has 2 aromatic carbocycles. The van der Waals surface area contributed by atoms with Crippen LogP contribution in [0.4, 0.5) is 5.69 Å². The van der Waals surface area contributed by atoms with Gasteiger partial charge in [0.2, 0.25) is 0 Å². The fraction of sp³-hybridized carbons (Fsp3) is 0.278. The number of carbonyl (C=O) groups is 1. The van der Waals surface area contributed by atoms with Crippen molar-refractivity contribution in [2.24, 2.45) is 0 Å². The van der Waals surface area contributed by atoms with Gasteiger partial charge >= 0.3 is 5.97 Å². The first-order valence-electron chi connectivity index (χ1n) is 7.72. The SMILES string of the molecule is CCOC(=O)c1ccccc1N(C)S(=O)(=O)c1ccc(OC)c(C)c1. The number of hydrogen-bond donors (Lipinski definition) is 0. The lowest BCUT2D eigenvalue weighted by Gasteiger charge is -2.22. The van der Waals surface area contributed by atoms with E-state index in [1.165, 1.54) is 26.3 Å². The molecule has 0 aliphatic rings. The molecule has 0 amide bonds. The summed E-state index contributed by atoms with van der Waals surface area (Å²) in [6.45, 7) is 3.67. The van der Waals surface area contributed by atoms with Crippen molar-refractivity contribution in [2.75, 3.05) is 25.1 Å². The van der Waals surface area contributed by atoms with E-state index in [-0.39, 0.29) is 22.8 Å². The molecule has 25 heavy (non-hydrogen) atoms. The van der Waals surface area contributed by atoms with Gasteiger partial charge in [-0.15, -0.1) is 0 Å². The molecule has 0 aliphatic heterocycles. The van der Waals surface area contributed by atoms with Crippen LogP contribution in [0.5, 0.6) is 5.75 Å². The summed E-state index contributed by atoms with van der Waals surface area (Å²) in [7, 11) is -0.905. The molecule has 0 bridgehead atoms. The summed E-state index contributed by atoms with van der Waals surface area (Å²) < 4.78 is 37.2. The normalized spacial score (nSPS) is 11.0. The summed E-state index contributed by atoms with van der Waals surface area (Å²) in [6, 6.07) is 11.1. The minimum absolute atomic E-state index is 0.118. The Bertz CT molecular complexity index is 877. The van der Waals surface area contributed by atoms with Crippen LogP contribution in [0.15, 0.2) is 47.4 Å². The van der Waals surface area contributed by atoms with E-state index in [0.717, 1.165) is 4.31 Å². The Morgan fingerprint density at radius 3 is 2.44 bits per heavy atom. The molecule has 0 heterocycles. The van der Waals surface area contributed by atoms with Crippen molar-refractivity contribution in [3.63, 3.8) is 0 Å². The first-order chi connectivity index (χ1) is 11.8. The van der Waals surface area contributed by atoms with E-state index in [1.807, 2.05) is 0 Å². The molecule has 0 atom stereocenters. The van der Waals surface area contributed by atoms with Gasteiger partial charge in [0.05, 0.1) is 29.9 Å². The van der Waals surface area contributed by atoms with Gasteiger partial charge in [0, 0.05) is 7.05 Å². The van der Waals surface area contributed by atoms with Gasteiger partial charge in [-0.2, -0.15) is 0 Å². The smallest absolute Gasteiger partial charge is 0.340 e. The number of esters is 1. The molecule has 6 nitrogen and oxygen atoms in total. The van der Waals surface area contributed by atoms with Gasteiger partial charge < -0.3 is 9.47 Å². The van der Waals surface area contributed by atoms with Crippen molar-refractivity contribution in [3.8, 4) is 5.75 Å². The van der Waals surface area contributed by atoms with Crippen LogP contribution in [0, 0.1) is 6.92 Å². The average molecular weight is 363 g/mol. The van der Waals surface area contributed by atoms with Crippen molar-refractivity contribution in [2.45, 2.75) is 18.7 Å². The van der Waals surface area contributed by atoms with Crippen LogP contribution in [0.3, 0.4) is 0 Å². The molecule has 0 aromatic heterocycles. The van der Waals surface area contributed by atoms with E-state index in [2.05, 4.69) is 0 Å². The van der Waals surface area contributed by atoms with Crippen LogP contribution >= 0.6 is 0 Å². The predicted octanol–water partition coefficient (Wildman–Crippen LogP) is 3.01. The molecular formula is C18H21NO5S. The highest BCUT2D eigenvalue weighted by atomic mass is 32.2. The predicted molar refractivity (Wildman–Crippen MR) is 95.7 cm³/mol. The van der Waals surface area contributed by atoms with Gasteiger partial charge in [0.25, 0.3) is 10.0 Å². The number of para-hydroxylation sites is 1. The minimum atomic E-state index is -3.84. The van der Waals surface area contributed by atoms with Crippen molar-refractivity contribution >= 4 is 21.7 Å². The van der Waals surface area contributed by atoms with E-state index >= 15 is 0 Å². The maximum atomic E-state index is 13.0. The highest BCUT2D eigenvalue weighted by Gasteiger charge is 2.26. The Morgan fingerprint density at radius 2 is 1.84 bits per heavy atom. The number of anilines is 1. The first kappa shape index (κ1) is 18.8. The minimum Gasteiger partial charge on any atom is -0.496 e. The van der Waals surface area contributed by atoms with E-state index in [0.29, 0.717) is 11.3 Å². The maximum absolute atomic E-state index is 13.0. The molecule has 0 saturated carbocycles. The number of nitrogens with zero attached hydrogens (tertiary/aromatic N) is 1. The number of sulfonamides is 1. The summed E-state index contributed by atoms with van der Waals surface area (Å²) in [5.41, 5.74) is 1.16. The fourth-order valence-electron chi connectivity index (χ4n) is 2.43. The van der Waals surface area contributed by atoms with Crippen LogP contribution in [-0.2, 0) is 14.8 Å². The Balaban J connectivity index is 2.48. The number of rotatable bonds is 6. The largest absolute Gasteiger partial charge is 0.496 e. The lowest BCUT2D eigenvalue weighted by Crippen LogP contribution is -2.28. The van der Waals surface area contributed by atoms with Crippen LogP contribution in [0.1, 0.15) is 22.8 Å². The van der Waals surface area contributed by atoms with Crippen LogP contribution < -0.4 is 9.04 Å². The van der Waals surface area contributed by atoms with Gasteiger partial charge in [-0.05, 0) is 49.7 Å². The summed E-state index contributed by atoms with van der Waals surface area (Å²) in [5.74, 6) is 0.0413. The zero-order valence-corrected chi connectivity index (χ0v) is 15.5. The van der Waals surface area contributed by atoms with Gasteiger partial charge in [0.1, 0.15) is 5.75 Å². The number of ether oxygens (including phenoxy) is 2. The molecule has 0 spiro atoms. The number of aryl methyl sites for hydroxylation is 1. The number of methoxy groups -OCH3 is 1. The summed E-state index contributed by atoms with van der Waals surface area (Å²) in [6.07, 6.45) is 0. The third kappa shape index (κ3) is 3.76. The second kappa shape index (κ2) is 7.57. The summed E-state index contributed by atoms with van der Waals surface area (Å²) in [5, 5.41) is 0. The fourth-order valence-corrected chi connectivity index (χ4v) is 3.73. The molecule has 7 heteroatoms. The second-order valence-corrected chi connectivity index (χ2v) is 7.31. The Labute approximate surface area is 148 Å². The number of carbonyl (C=O) groups excluding carboxylic acids is 1. The zero-order valence-electron chi connectivity index (χ0n) is 14.6. The van der Waals surface area contributed by atoms with E-state index < -0.39 is 16.0 Å². The molecule has 0 fully saturated rings. The van der Waals surface area contributed by atoms with E-state index in [4.69, 9.17) is 9.47 Å². The highest BCUT2D eigenvalue weighted by molar-refractivity contribution is 7.92. The molecule has 0 radical (unpaired) electrons. The quantitative estimate of drug-likeness (QED) is 0.738. The van der Waals surface area contributed by atoms with Crippen molar-refractivity contribution in [3.05, 3.63) is 53.6 Å². The molecular weight excluding hydrogens is 342 g/mol. The topological polar surface area (TPSA) is 72.9 Å². The maximum Gasteiger partial charge on any atom is 0.340 e. The van der Waals surface area contributed by atoms with Crippen LogP contribution in [0.2, 0.25) is 0 Å². The Morgan fingerprint density at radius 1 is 1.16 bits per heavy atom. The lowest BCUT2D eigenvalue weighted by atomic mass is 10.2. The number of benzene rings is 2.